The van der Waals surface area contributed by atoms with Crippen molar-refractivity contribution in [2.75, 3.05) is 0 Å². The number of nitrogens with two attached hydrogens (primary N) is 1. The van der Waals surface area contributed by atoms with Crippen LogP contribution in [-0.4, -0.2) is 28.2 Å². The number of primary sulfonamides is 1. The molecule has 0 fully saturated rings. The van der Waals surface area contributed by atoms with Gasteiger partial charge in [-0.3, -0.25) is 0 Å². The Kier molecular flexibility index (Phi) is 2.22. The number of imidazole rings is 1. The van der Waals surface area contributed by atoms with Gasteiger partial charge in [-0.05, 0) is 12.1 Å². The summed E-state index contributed by atoms with van der Waals surface area (Å²) in [5.74, 6) is 0.436. The van der Waals surface area contributed by atoms with Crippen LogP contribution in [-0.2, 0) is 10.0 Å². The van der Waals surface area contributed by atoms with Crippen LogP contribution in [0.25, 0.3) is 17.0 Å². The Morgan fingerprint density at radius 3 is 2.72 bits per heavy atom. The number of rotatable bonds is 2. The average Bonchev–Trinajstić information content (AvgIpc) is 2.94. The van der Waals surface area contributed by atoms with Gasteiger partial charge in [0.15, 0.2) is 0 Å². The van der Waals surface area contributed by atoms with E-state index in [9.17, 15) is 8.42 Å². The number of sulfonamides is 1. The fraction of sp³-hybridized carbons (Fsp3) is 0. The van der Waals surface area contributed by atoms with Crippen molar-refractivity contribution in [2.24, 2.45) is 5.14 Å². The van der Waals surface area contributed by atoms with E-state index in [1.165, 1.54) is 17.1 Å². The first-order chi connectivity index (χ1) is 8.54. The van der Waals surface area contributed by atoms with Gasteiger partial charge in [0.2, 0.25) is 16.0 Å². The SMILES string of the molecule is NS(=O)(=O)c1cnn(-c2nc3ccccc3[nH]2)c1. The van der Waals surface area contributed by atoms with Crippen LogP contribution in [0.2, 0.25) is 0 Å². The van der Waals surface area contributed by atoms with Crippen LogP contribution in [0.4, 0.5) is 0 Å². The number of benzene rings is 1. The summed E-state index contributed by atoms with van der Waals surface area (Å²) in [5, 5.41) is 8.92. The van der Waals surface area contributed by atoms with E-state index in [0.717, 1.165) is 11.0 Å². The molecule has 3 rings (SSSR count). The maximum atomic E-state index is 11.1. The first-order valence-electron chi connectivity index (χ1n) is 5.07. The average molecular weight is 263 g/mol. The molecule has 3 N–H and O–H groups in total. The van der Waals surface area contributed by atoms with Crippen LogP contribution >= 0.6 is 0 Å². The highest BCUT2D eigenvalue weighted by Crippen LogP contribution is 2.14. The third-order valence-electron chi connectivity index (χ3n) is 2.48. The fourth-order valence-electron chi connectivity index (χ4n) is 1.62. The Morgan fingerprint density at radius 1 is 1.28 bits per heavy atom. The molecule has 0 aliphatic rings. The molecule has 0 radical (unpaired) electrons. The maximum absolute atomic E-state index is 11.1. The zero-order chi connectivity index (χ0) is 12.8. The molecule has 1 aromatic carbocycles. The van der Waals surface area contributed by atoms with E-state index >= 15 is 0 Å². The van der Waals surface area contributed by atoms with Crippen LogP contribution in [0.5, 0.6) is 0 Å². The molecule has 8 heteroatoms. The maximum Gasteiger partial charge on any atom is 0.241 e. The van der Waals surface area contributed by atoms with Gasteiger partial charge in [-0.25, -0.2) is 23.2 Å². The predicted octanol–water partition coefficient (Wildman–Crippen LogP) is 0.396. The lowest BCUT2D eigenvalue weighted by Gasteiger charge is -1.92. The fourth-order valence-corrected chi connectivity index (χ4v) is 2.06. The molecule has 0 aliphatic carbocycles. The number of aromatic amines is 1. The molecular weight excluding hydrogens is 254 g/mol. The molecule has 3 aromatic rings. The topological polar surface area (TPSA) is 107 Å². The first-order valence-corrected chi connectivity index (χ1v) is 6.61. The van der Waals surface area contributed by atoms with E-state index in [1.54, 1.807) is 0 Å². The highest BCUT2D eigenvalue weighted by Gasteiger charge is 2.12. The molecule has 0 unspecified atom stereocenters. The van der Waals surface area contributed by atoms with Gasteiger partial charge in [0.1, 0.15) is 4.90 Å². The summed E-state index contributed by atoms with van der Waals surface area (Å²) < 4.78 is 23.6. The minimum atomic E-state index is -3.75. The van der Waals surface area contributed by atoms with Crippen LogP contribution in [0.15, 0.2) is 41.6 Å². The molecular formula is C10H9N5O2S. The molecule has 0 atom stereocenters. The summed E-state index contributed by atoms with van der Waals surface area (Å²) >= 11 is 0. The van der Waals surface area contributed by atoms with Crippen molar-refractivity contribution < 1.29 is 8.42 Å². The van der Waals surface area contributed by atoms with E-state index in [4.69, 9.17) is 5.14 Å². The second kappa shape index (κ2) is 3.65. The van der Waals surface area contributed by atoms with Crippen molar-refractivity contribution in [2.45, 2.75) is 4.90 Å². The Bertz CT molecular complexity index is 785. The molecule has 0 bridgehead atoms. The monoisotopic (exact) mass is 263 g/mol. The molecule has 0 saturated carbocycles. The highest BCUT2D eigenvalue weighted by atomic mass is 32.2. The lowest BCUT2D eigenvalue weighted by atomic mass is 10.3. The van der Waals surface area contributed by atoms with Gasteiger partial charge in [-0.1, -0.05) is 12.1 Å². The Morgan fingerprint density at radius 2 is 2.06 bits per heavy atom. The van der Waals surface area contributed by atoms with E-state index in [1.807, 2.05) is 24.3 Å². The zero-order valence-corrected chi connectivity index (χ0v) is 9.92. The van der Waals surface area contributed by atoms with E-state index in [0.29, 0.717) is 5.95 Å². The third kappa shape index (κ3) is 1.77. The number of nitrogens with zero attached hydrogens (tertiary/aromatic N) is 3. The normalized spacial score (nSPS) is 12.1. The number of aromatic nitrogens is 4. The van der Waals surface area contributed by atoms with Gasteiger partial charge < -0.3 is 4.98 Å². The molecule has 2 aromatic heterocycles. The second-order valence-corrected chi connectivity index (χ2v) is 5.30. The van der Waals surface area contributed by atoms with Crippen molar-refractivity contribution in [3.05, 3.63) is 36.7 Å². The van der Waals surface area contributed by atoms with Crippen LogP contribution in [0.3, 0.4) is 0 Å². The van der Waals surface area contributed by atoms with Gasteiger partial charge in [0, 0.05) is 0 Å². The van der Waals surface area contributed by atoms with Crippen molar-refractivity contribution >= 4 is 21.1 Å². The number of H-pyrrole nitrogens is 1. The second-order valence-electron chi connectivity index (χ2n) is 3.74. The quantitative estimate of drug-likeness (QED) is 0.697. The molecule has 92 valence electrons. The Hall–Kier alpha value is -2.19. The van der Waals surface area contributed by atoms with Gasteiger partial charge >= 0.3 is 0 Å². The van der Waals surface area contributed by atoms with Gasteiger partial charge in [0.25, 0.3) is 0 Å². The molecule has 0 spiro atoms. The molecule has 0 aliphatic heterocycles. The smallest absolute Gasteiger partial charge is 0.241 e. The standard InChI is InChI=1S/C10H9N5O2S/c11-18(16,17)7-5-12-15(6-7)10-13-8-3-1-2-4-9(8)14-10/h1-6H,(H,13,14)(H2,11,16,17). The van der Waals surface area contributed by atoms with Crippen molar-refractivity contribution in [1.29, 1.82) is 0 Å². The molecule has 0 amide bonds. The van der Waals surface area contributed by atoms with Crippen molar-refractivity contribution in [1.82, 2.24) is 19.7 Å². The molecule has 2 heterocycles. The molecule has 7 nitrogen and oxygen atoms in total. The number of para-hydroxylation sites is 2. The van der Waals surface area contributed by atoms with Crippen molar-refractivity contribution in [3.63, 3.8) is 0 Å². The van der Waals surface area contributed by atoms with Crippen LogP contribution < -0.4 is 5.14 Å². The Labute approximate surface area is 102 Å². The highest BCUT2D eigenvalue weighted by molar-refractivity contribution is 7.89. The number of hydrogen-bond acceptors (Lipinski definition) is 4. The lowest BCUT2D eigenvalue weighted by Crippen LogP contribution is -2.11. The van der Waals surface area contributed by atoms with E-state index in [2.05, 4.69) is 15.1 Å². The Balaban J connectivity index is 2.12. The summed E-state index contributed by atoms with van der Waals surface area (Å²) in [6, 6.07) is 7.46. The van der Waals surface area contributed by atoms with Crippen LogP contribution in [0.1, 0.15) is 0 Å². The lowest BCUT2D eigenvalue weighted by molar-refractivity contribution is 0.598. The number of fused-ring (bicyclic) bond motifs is 1. The first kappa shape index (κ1) is 10.9. The van der Waals surface area contributed by atoms with E-state index < -0.39 is 10.0 Å². The minimum Gasteiger partial charge on any atom is -0.322 e. The molecule has 0 saturated heterocycles. The van der Waals surface area contributed by atoms with E-state index in [-0.39, 0.29) is 4.90 Å². The van der Waals surface area contributed by atoms with Gasteiger partial charge in [0.05, 0.1) is 23.4 Å². The number of hydrogen-bond donors (Lipinski definition) is 2. The summed E-state index contributed by atoms with van der Waals surface area (Å²) in [6.45, 7) is 0. The minimum absolute atomic E-state index is 0.0528. The molecule has 18 heavy (non-hydrogen) atoms. The summed E-state index contributed by atoms with van der Waals surface area (Å²) in [4.78, 5) is 7.27. The largest absolute Gasteiger partial charge is 0.322 e. The summed E-state index contributed by atoms with van der Waals surface area (Å²) in [5.41, 5.74) is 1.63. The predicted molar refractivity (Wildman–Crippen MR) is 64.6 cm³/mol. The summed E-state index contributed by atoms with van der Waals surface area (Å²) in [7, 11) is -3.75. The number of nitrogens with one attached hydrogen (secondary N) is 1. The summed E-state index contributed by atoms with van der Waals surface area (Å²) in [6.07, 6.45) is 2.50. The van der Waals surface area contributed by atoms with Gasteiger partial charge in [-0.2, -0.15) is 5.10 Å². The third-order valence-corrected chi connectivity index (χ3v) is 3.35. The zero-order valence-electron chi connectivity index (χ0n) is 9.11. The van der Waals surface area contributed by atoms with Crippen LogP contribution in [0, 0.1) is 0 Å². The van der Waals surface area contributed by atoms with Gasteiger partial charge in [-0.15, -0.1) is 0 Å². The van der Waals surface area contributed by atoms with Crippen molar-refractivity contribution in [3.8, 4) is 5.95 Å².